The van der Waals surface area contributed by atoms with Gasteiger partial charge in [0.25, 0.3) is 0 Å². The molecule has 1 aromatic rings. The van der Waals surface area contributed by atoms with Gasteiger partial charge in [-0.05, 0) is 54.7 Å². The summed E-state index contributed by atoms with van der Waals surface area (Å²) in [4.78, 5) is 11.2. The molecular formula is C16H22O2. The lowest BCUT2D eigenvalue weighted by Gasteiger charge is -2.31. The molecule has 18 heavy (non-hydrogen) atoms. The monoisotopic (exact) mass is 246 g/mol. The molecule has 2 heteroatoms. The standard InChI is InChI=1S/C16H22O2/c1-11-3-6-14-9-13(10-17)5-8-16(14)15(11)7-4-12(2)18/h5,8-9,11,15,17H,3-4,6-7,10H2,1-2H3/t11?,15-/m0/s1. The first-order valence-electron chi connectivity index (χ1n) is 6.83. The number of carbonyl (C=O) groups is 1. The molecule has 2 atom stereocenters. The second-order valence-electron chi connectivity index (χ2n) is 5.55. The fourth-order valence-electron chi connectivity index (χ4n) is 3.03. The molecule has 0 saturated heterocycles. The third-order valence-electron chi connectivity index (χ3n) is 4.15. The van der Waals surface area contributed by atoms with Crippen LogP contribution in [-0.4, -0.2) is 10.9 Å². The Morgan fingerprint density at radius 3 is 2.89 bits per heavy atom. The Labute approximate surface area is 109 Å². The van der Waals surface area contributed by atoms with Crippen molar-refractivity contribution in [2.24, 2.45) is 5.92 Å². The van der Waals surface area contributed by atoms with Crippen molar-refractivity contribution in [3.05, 3.63) is 34.9 Å². The van der Waals surface area contributed by atoms with Gasteiger partial charge in [0.2, 0.25) is 0 Å². The zero-order chi connectivity index (χ0) is 13.1. The summed E-state index contributed by atoms with van der Waals surface area (Å²) < 4.78 is 0. The van der Waals surface area contributed by atoms with Crippen LogP contribution in [0.3, 0.4) is 0 Å². The fraction of sp³-hybridized carbons (Fsp3) is 0.562. The van der Waals surface area contributed by atoms with Crippen LogP contribution in [0.2, 0.25) is 0 Å². The van der Waals surface area contributed by atoms with Gasteiger partial charge in [-0.3, -0.25) is 0 Å². The molecule has 0 aliphatic heterocycles. The molecule has 0 bridgehead atoms. The van der Waals surface area contributed by atoms with Crippen molar-refractivity contribution < 1.29 is 9.90 Å². The molecular weight excluding hydrogens is 224 g/mol. The normalized spacial score (nSPS) is 22.6. The number of Topliss-reactive ketones (excluding diaryl/α,β-unsaturated/α-hetero) is 1. The number of benzene rings is 1. The smallest absolute Gasteiger partial charge is 0.129 e. The van der Waals surface area contributed by atoms with Crippen LogP contribution in [0, 0.1) is 5.92 Å². The minimum absolute atomic E-state index is 0.112. The zero-order valence-corrected chi connectivity index (χ0v) is 11.3. The van der Waals surface area contributed by atoms with Gasteiger partial charge in [-0.25, -0.2) is 0 Å². The summed E-state index contributed by atoms with van der Waals surface area (Å²) in [6.45, 7) is 4.07. The number of aliphatic hydroxyl groups excluding tert-OH is 1. The Morgan fingerprint density at radius 2 is 2.22 bits per heavy atom. The van der Waals surface area contributed by atoms with Gasteiger partial charge in [-0.1, -0.05) is 25.1 Å². The van der Waals surface area contributed by atoms with Crippen LogP contribution in [-0.2, 0) is 17.8 Å². The van der Waals surface area contributed by atoms with E-state index in [1.807, 2.05) is 6.07 Å². The molecule has 0 aromatic heterocycles. The highest BCUT2D eigenvalue weighted by molar-refractivity contribution is 5.75. The van der Waals surface area contributed by atoms with E-state index in [1.54, 1.807) is 6.92 Å². The summed E-state index contributed by atoms with van der Waals surface area (Å²) in [5.41, 5.74) is 3.76. The number of aryl methyl sites for hydroxylation is 1. The second kappa shape index (κ2) is 5.66. The molecule has 0 fully saturated rings. The van der Waals surface area contributed by atoms with E-state index >= 15 is 0 Å². The largest absolute Gasteiger partial charge is 0.392 e. The van der Waals surface area contributed by atoms with Crippen molar-refractivity contribution in [3.8, 4) is 0 Å². The van der Waals surface area contributed by atoms with Crippen LogP contribution in [0.5, 0.6) is 0 Å². The Morgan fingerprint density at radius 1 is 1.44 bits per heavy atom. The maximum Gasteiger partial charge on any atom is 0.129 e. The molecule has 1 N–H and O–H groups in total. The van der Waals surface area contributed by atoms with Gasteiger partial charge >= 0.3 is 0 Å². The highest BCUT2D eigenvalue weighted by Gasteiger charge is 2.26. The fourth-order valence-corrected chi connectivity index (χ4v) is 3.03. The summed E-state index contributed by atoms with van der Waals surface area (Å²) in [5.74, 6) is 1.43. The molecule has 2 rings (SSSR count). The average molecular weight is 246 g/mol. The van der Waals surface area contributed by atoms with E-state index in [1.165, 1.54) is 17.5 Å². The van der Waals surface area contributed by atoms with Crippen LogP contribution < -0.4 is 0 Å². The van der Waals surface area contributed by atoms with Crippen molar-refractivity contribution in [1.29, 1.82) is 0 Å². The maximum atomic E-state index is 11.2. The second-order valence-corrected chi connectivity index (χ2v) is 5.55. The number of hydrogen-bond donors (Lipinski definition) is 1. The molecule has 1 aromatic carbocycles. The molecule has 0 amide bonds. The lowest BCUT2D eigenvalue weighted by atomic mass is 9.73. The number of hydrogen-bond acceptors (Lipinski definition) is 2. The number of carbonyl (C=O) groups excluding carboxylic acids is 1. The van der Waals surface area contributed by atoms with Crippen LogP contribution in [0.4, 0.5) is 0 Å². The van der Waals surface area contributed by atoms with Crippen LogP contribution in [0.1, 0.15) is 55.7 Å². The lowest BCUT2D eigenvalue weighted by molar-refractivity contribution is -0.117. The van der Waals surface area contributed by atoms with Crippen LogP contribution >= 0.6 is 0 Å². The highest BCUT2D eigenvalue weighted by Crippen LogP contribution is 2.39. The topological polar surface area (TPSA) is 37.3 Å². The van der Waals surface area contributed by atoms with Gasteiger partial charge < -0.3 is 9.90 Å². The molecule has 0 saturated carbocycles. The van der Waals surface area contributed by atoms with Crippen LogP contribution in [0.25, 0.3) is 0 Å². The first-order valence-corrected chi connectivity index (χ1v) is 6.83. The van der Waals surface area contributed by atoms with E-state index in [0.29, 0.717) is 18.3 Å². The van der Waals surface area contributed by atoms with Crippen LogP contribution in [0.15, 0.2) is 18.2 Å². The van der Waals surface area contributed by atoms with Crippen molar-refractivity contribution in [2.75, 3.05) is 0 Å². The number of fused-ring (bicyclic) bond motifs is 1. The van der Waals surface area contributed by atoms with Crippen molar-refractivity contribution >= 4 is 5.78 Å². The van der Waals surface area contributed by atoms with Crippen molar-refractivity contribution in [3.63, 3.8) is 0 Å². The summed E-state index contributed by atoms with van der Waals surface area (Å²) in [5, 5.41) is 9.19. The molecule has 1 unspecified atom stereocenters. The minimum Gasteiger partial charge on any atom is -0.392 e. The summed E-state index contributed by atoms with van der Waals surface area (Å²) in [6, 6.07) is 6.29. The third-order valence-corrected chi connectivity index (χ3v) is 4.15. The lowest BCUT2D eigenvalue weighted by Crippen LogP contribution is -2.19. The molecule has 2 nitrogen and oxygen atoms in total. The van der Waals surface area contributed by atoms with Crippen molar-refractivity contribution in [2.45, 2.75) is 52.1 Å². The Bertz CT molecular complexity index is 437. The predicted octanol–water partition coefficient (Wildman–Crippen LogP) is 3.21. The summed E-state index contributed by atoms with van der Waals surface area (Å²) in [6.07, 6.45) is 3.92. The van der Waals surface area contributed by atoms with E-state index in [9.17, 15) is 9.90 Å². The molecule has 1 aliphatic rings. The van der Waals surface area contributed by atoms with Gasteiger partial charge in [0.15, 0.2) is 0 Å². The predicted molar refractivity (Wildman–Crippen MR) is 72.5 cm³/mol. The van der Waals surface area contributed by atoms with Gasteiger partial charge in [0.05, 0.1) is 6.61 Å². The summed E-state index contributed by atoms with van der Waals surface area (Å²) >= 11 is 0. The number of rotatable bonds is 4. The zero-order valence-electron chi connectivity index (χ0n) is 11.3. The van der Waals surface area contributed by atoms with E-state index in [2.05, 4.69) is 19.1 Å². The third kappa shape index (κ3) is 2.81. The maximum absolute atomic E-state index is 11.2. The molecule has 1 aliphatic carbocycles. The Hall–Kier alpha value is -1.15. The Balaban J connectivity index is 2.23. The van der Waals surface area contributed by atoms with E-state index in [-0.39, 0.29) is 12.4 Å². The highest BCUT2D eigenvalue weighted by atomic mass is 16.3. The average Bonchev–Trinajstić information content (AvgIpc) is 2.36. The molecule has 98 valence electrons. The Kier molecular flexibility index (Phi) is 4.18. The first-order chi connectivity index (χ1) is 8.61. The molecule has 0 radical (unpaired) electrons. The van der Waals surface area contributed by atoms with Gasteiger partial charge in [0, 0.05) is 6.42 Å². The SMILES string of the molecule is CC(=O)CC[C@@H]1c2ccc(CO)cc2CCC1C. The van der Waals surface area contributed by atoms with E-state index < -0.39 is 0 Å². The number of aliphatic hydroxyl groups is 1. The first kappa shape index (κ1) is 13.3. The quantitative estimate of drug-likeness (QED) is 0.885. The van der Waals surface area contributed by atoms with E-state index in [4.69, 9.17) is 0 Å². The van der Waals surface area contributed by atoms with Gasteiger partial charge in [-0.15, -0.1) is 0 Å². The van der Waals surface area contributed by atoms with Gasteiger partial charge in [-0.2, -0.15) is 0 Å². The molecule has 0 heterocycles. The molecule has 0 spiro atoms. The minimum atomic E-state index is 0.112. The van der Waals surface area contributed by atoms with E-state index in [0.717, 1.165) is 18.4 Å². The van der Waals surface area contributed by atoms with Crippen molar-refractivity contribution in [1.82, 2.24) is 0 Å². The number of ketones is 1. The summed E-state index contributed by atoms with van der Waals surface area (Å²) in [7, 11) is 0. The van der Waals surface area contributed by atoms with Gasteiger partial charge in [0.1, 0.15) is 5.78 Å².